The van der Waals surface area contributed by atoms with Crippen molar-refractivity contribution in [3.05, 3.63) is 11.8 Å². The average molecular weight is 152 g/mol. The molecule has 56 valence electrons. The minimum absolute atomic E-state index is 0.514. The first-order valence-corrected chi connectivity index (χ1v) is 2.32. The molecule has 0 bridgehead atoms. The van der Waals surface area contributed by atoms with Gasteiger partial charge in [0, 0.05) is 6.07 Å². The third-order valence-corrected chi connectivity index (χ3v) is 0.870. The lowest BCUT2D eigenvalue weighted by atomic mass is 10.4. The maximum absolute atomic E-state index is 11.6. The van der Waals surface area contributed by atoms with Crippen molar-refractivity contribution < 1.29 is 18.3 Å². The van der Waals surface area contributed by atoms with Crippen LogP contribution in [0.2, 0.25) is 0 Å². The zero-order chi connectivity index (χ0) is 7.78. The monoisotopic (exact) mass is 152 g/mol. The molecule has 2 N–H and O–H groups in total. The van der Waals surface area contributed by atoms with Gasteiger partial charge in [-0.2, -0.15) is 13.2 Å². The molecule has 0 aromatic carbocycles. The number of aromatic amines is 1. The van der Waals surface area contributed by atoms with Gasteiger partial charge < -0.3 is 5.11 Å². The minimum Gasteiger partial charge on any atom is -0.492 e. The van der Waals surface area contributed by atoms with Crippen LogP contribution in [0, 0.1) is 0 Å². The van der Waals surface area contributed by atoms with E-state index < -0.39 is 17.8 Å². The van der Waals surface area contributed by atoms with E-state index in [2.05, 4.69) is 5.10 Å². The van der Waals surface area contributed by atoms with Gasteiger partial charge in [0.1, 0.15) is 5.69 Å². The summed E-state index contributed by atoms with van der Waals surface area (Å²) in [6.07, 6.45) is -4.46. The number of aromatic hydroxyl groups is 1. The van der Waals surface area contributed by atoms with Gasteiger partial charge >= 0.3 is 6.18 Å². The molecule has 10 heavy (non-hydrogen) atoms. The quantitative estimate of drug-likeness (QED) is 0.585. The van der Waals surface area contributed by atoms with E-state index in [1.54, 1.807) is 5.10 Å². The van der Waals surface area contributed by atoms with Crippen molar-refractivity contribution in [1.82, 2.24) is 10.2 Å². The second-order valence-electron chi connectivity index (χ2n) is 1.64. The second-order valence-corrected chi connectivity index (χ2v) is 1.64. The Labute approximate surface area is 53.5 Å². The summed E-state index contributed by atoms with van der Waals surface area (Å²) in [7, 11) is 0. The zero-order valence-electron chi connectivity index (χ0n) is 4.61. The van der Waals surface area contributed by atoms with Gasteiger partial charge in [-0.1, -0.05) is 0 Å². The molecule has 1 aromatic rings. The molecule has 1 aromatic heterocycles. The summed E-state index contributed by atoms with van der Waals surface area (Å²) in [6, 6.07) is 0.514. The Morgan fingerprint density at radius 2 is 2.10 bits per heavy atom. The summed E-state index contributed by atoms with van der Waals surface area (Å²) in [4.78, 5) is 0. The van der Waals surface area contributed by atoms with Gasteiger partial charge in [0.05, 0.1) is 0 Å². The van der Waals surface area contributed by atoms with Gasteiger partial charge in [-0.05, 0) is 0 Å². The summed E-state index contributed by atoms with van der Waals surface area (Å²) in [6.45, 7) is 0. The molecule has 6 heteroatoms. The van der Waals surface area contributed by atoms with Gasteiger partial charge in [0.2, 0.25) is 5.88 Å². The van der Waals surface area contributed by atoms with E-state index in [0.29, 0.717) is 6.07 Å². The van der Waals surface area contributed by atoms with Crippen molar-refractivity contribution in [2.24, 2.45) is 0 Å². The number of halogens is 3. The number of rotatable bonds is 0. The van der Waals surface area contributed by atoms with Crippen molar-refractivity contribution in [3.8, 4) is 5.88 Å². The highest BCUT2D eigenvalue weighted by atomic mass is 19.4. The Balaban J connectivity index is 2.96. The molecule has 0 aliphatic heterocycles. The van der Waals surface area contributed by atoms with E-state index in [-0.39, 0.29) is 0 Å². The van der Waals surface area contributed by atoms with Crippen LogP contribution in [0.5, 0.6) is 5.88 Å². The number of aromatic nitrogens is 2. The number of nitrogens with one attached hydrogen (secondary N) is 1. The van der Waals surface area contributed by atoms with Crippen LogP contribution < -0.4 is 0 Å². The van der Waals surface area contributed by atoms with Crippen molar-refractivity contribution in [2.75, 3.05) is 0 Å². The first-order chi connectivity index (χ1) is 4.50. The third kappa shape index (κ3) is 1.20. The van der Waals surface area contributed by atoms with Crippen LogP contribution in [0.1, 0.15) is 5.69 Å². The molecule has 0 saturated heterocycles. The fourth-order valence-corrected chi connectivity index (χ4v) is 0.456. The van der Waals surface area contributed by atoms with Crippen LogP contribution in [0.25, 0.3) is 0 Å². The standard InChI is InChI=1S/C4H3F3N2O/c5-4(6,7)2-1-3(10)9-8-2/h1H,(H2,8,9,10). The minimum atomic E-state index is -4.46. The SMILES string of the molecule is Oc1cc(C(F)(F)F)[nH]n1. The molecule has 0 amide bonds. The number of nitrogens with zero attached hydrogens (tertiary/aromatic N) is 1. The number of alkyl halides is 3. The average Bonchev–Trinajstić information content (AvgIpc) is 2.11. The summed E-state index contributed by atoms with van der Waals surface area (Å²) in [5, 5.41) is 12.9. The summed E-state index contributed by atoms with van der Waals surface area (Å²) in [5.74, 6) is -0.660. The van der Waals surface area contributed by atoms with Crippen LogP contribution in [-0.2, 0) is 6.18 Å². The highest BCUT2D eigenvalue weighted by Gasteiger charge is 2.32. The van der Waals surface area contributed by atoms with Crippen molar-refractivity contribution in [1.29, 1.82) is 0 Å². The predicted octanol–water partition coefficient (Wildman–Crippen LogP) is 1.13. The molecular weight excluding hydrogens is 149 g/mol. The van der Waals surface area contributed by atoms with Crippen molar-refractivity contribution >= 4 is 0 Å². The molecule has 1 heterocycles. The van der Waals surface area contributed by atoms with Gasteiger partial charge in [-0.25, -0.2) is 0 Å². The summed E-state index contributed by atoms with van der Waals surface area (Å²) < 4.78 is 34.9. The third-order valence-electron chi connectivity index (χ3n) is 0.870. The van der Waals surface area contributed by atoms with E-state index >= 15 is 0 Å². The Morgan fingerprint density at radius 3 is 2.30 bits per heavy atom. The Morgan fingerprint density at radius 1 is 1.50 bits per heavy atom. The highest BCUT2D eigenvalue weighted by molar-refractivity contribution is 5.14. The molecule has 0 radical (unpaired) electrons. The van der Waals surface area contributed by atoms with Crippen LogP contribution in [0.15, 0.2) is 6.07 Å². The molecule has 0 unspecified atom stereocenters. The van der Waals surface area contributed by atoms with E-state index in [4.69, 9.17) is 5.11 Å². The number of hydrogen-bond donors (Lipinski definition) is 2. The van der Waals surface area contributed by atoms with Crippen LogP contribution in [0.3, 0.4) is 0 Å². The number of hydrogen-bond acceptors (Lipinski definition) is 2. The smallest absolute Gasteiger partial charge is 0.432 e. The number of H-pyrrole nitrogens is 1. The topological polar surface area (TPSA) is 48.9 Å². The lowest BCUT2D eigenvalue weighted by Gasteiger charge is -1.99. The van der Waals surface area contributed by atoms with E-state index in [9.17, 15) is 13.2 Å². The molecule has 0 atom stereocenters. The Hall–Kier alpha value is -1.20. The zero-order valence-corrected chi connectivity index (χ0v) is 4.61. The van der Waals surface area contributed by atoms with Crippen molar-refractivity contribution in [2.45, 2.75) is 6.18 Å². The van der Waals surface area contributed by atoms with Gasteiger partial charge in [0.15, 0.2) is 0 Å². The van der Waals surface area contributed by atoms with Crippen molar-refractivity contribution in [3.63, 3.8) is 0 Å². The first kappa shape index (κ1) is 6.91. The molecule has 3 nitrogen and oxygen atoms in total. The van der Waals surface area contributed by atoms with Crippen LogP contribution >= 0.6 is 0 Å². The maximum Gasteiger partial charge on any atom is 0.432 e. The molecule has 0 fully saturated rings. The largest absolute Gasteiger partial charge is 0.492 e. The molecule has 0 saturated carbocycles. The fourth-order valence-electron chi connectivity index (χ4n) is 0.456. The van der Waals surface area contributed by atoms with E-state index in [1.807, 2.05) is 0 Å². The normalized spacial score (nSPS) is 11.9. The first-order valence-electron chi connectivity index (χ1n) is 2.32. The summed E-state index contributed by atoms with van der Waals surface area (Å²) in [5.41, 5.74) is -1.05. The van der Waals surface area contributed by atoms with E-state index in [1.165, 1.54) is 0 Å². The molecule has 0 aliphatic rings. The maximum atomic E-state index is 11.6. The molecule has 0 aliphatic carbocycles. The Kier molecular flexibility index (Phi) is 1.31. The second kappa shape index (κ2) is 1.89. The van der Waals surface area contributed by atoms with Gasteiger partial charge in [-0.15, -0.1) is 5.10 Å². The lowest BCUT2D eigenvalue weighted by Crippen LogP contribution is -2.04. The van der Waals surface area contributed by atoms with E-state index in [0.717, 1.165) is 0 Å². The van der Waals surface area contributed by atoms with Crippen LogP contribution in [-0.4, -0.2) is 15.3 Å². The molecule has 0 spiro atoms. The van der Waals surface area contributed by atoms with Gasteiger partial charge in [-0.3, -0.25) is 5.10 Å². The summed E-state index contributed by atoms with van der Waals surface area (Å²) >= 11 is 0. The molecular formula is C4H3F3N2O. The Bertz CT molecular complexity index is 229. The predicted molar refractivity (Wildman–Crippen MR) is 25.3 cm³/mol. The molecule has 1 rings (SSSR count). The fraction of sp³-hybridized carbons (Fsp3) is 0.250. The van der Waals surface area contributed by atoms with Crippen LogP contribution in [0.4, 0.5) is 13.2 Å². The lowest BCUT2D eigenvalue weighted by molar-refractivity contribution is -0.141. The van der Waals surface area contributed by atoms with Gasteiger partial charge in [0.25, 0.3) is 0 Å². The highest BCUT2D eigenvalue weighted by Crippen LogP contribution is 2.28.